The standard InChI is InChI=1S/C15H17N3O5/c1-21-10-6-4-5-9(7-10)13(22-2)14(19)16-12-8-11(17-18-12)15(20)23-3/h4-8,13H,1-3H3,(H2,16,17,18,19). The van der Waals surface area contributed by atoms with Gasteiger partial charge in [0.2, 0.25) is 0 Å². The quantitative estimate of drug-likeness (QED) is 0.783. The van der Waals surface area contributed by atoms with E-state index in [2.05, 4.69) is 20.3 Å². The van der Waals surface area contributed by atoms with Crippen molar-refractivity contribution in [3.8, 4) is 5.75 Å². The Morgan fingerprint density at radius 2 is 2.00 bits per heavy atom. The molecule has 2 rings (SSSR count). The molecule has 122 valence electrons. The first-order chi connectivity index (χ1) is 11.1. The van der Waals surface area contributed by atoms with Gasteiger partial charge in [0.15, 0.2) is 11.9 Å². The van der Waals surface area contributed by atoms with E-state index in [0.29, 0.717) is 11.3 Å². The maximum atomic E-state index is 12.3. The van der Waals surface area contributed by atoms with Crippen molar-refractivity contribution in [3.05, 3.63) is 41.6 Å². The molecule has 0 aliphatic rings. The van der Waals surface area contributed by atoms with Gasteiger partial charge in [-0.1, -0.05) is 12.1 Å². The van der Waals surface area contributed by atoms with Crippen molar-refractivity contribution >= 4 is 17.7 Å². The van der Waals surface area contributed by atoms with Gasteiger partial charge in [0.25, 0.3) is 5.91 Å². The number of carbonyl (C=O) groups excluding carboxylic acids is 2. The third kappa shape index (κ3) is 3.86. The van der Waals surface area contributed by atoms with Crippen LogP contribution in [0.25, 0.3) is 0 Å². The van der Waals surface area contributed by atoms with Gasteiger partial charge in [-0.15, -0.1) is 0 Å². The molecule has 1 aromatic carbocycles. The van der Waals surface area contributed by atoms with E-state index >= 15 is 0 Å². The number of ether oxygens (including phenoxy) is 3. The summed E-state index contributed by atoms with van der Waals surface area (Å²) in [6, 6.07) is 8.36. The van der Waals surface area contributed by atoms with Gasteiger partial charge in [0.05, 0.1) is 14.2 Å². The SMILES string of the molecule is COC(=O)c1cc(NC(=O)C(OC)c2cccc(OC)c2)n[nH]1. The fraction of sp³-hybridized carbons (Fsp3) is 0.267. The highest BCUT2D eigenvalue weighted by molar-refractivity contribution is 5.95. The van der Waals surface area contributed by atoms with Crippen LogP contribution in [0, 0.1) is 0 Å². The molecule has 8 nitrogen and oxygen atoms in total. The Morgan fingerprint density at radius 3 is 2.65 bits per heavy atom. The lowest BCUT2D eigenvalue weighted by Gasteiger charge is -2.15. The Labute approximate surface area is 132 Å². The first-order valence-corrected chi connectivity index (χ1v) is 6.70. The van der Waals surface area contributed by atoms with E-state index in [1.165, 1.54) is 20.3 Å². The molecule has 0 spiro atoms. The van der Waals surface area contributed by atoms with E-state index in [0.717, 1.165) is 0 Å². The summed E-state index contributed by atoms with van der Waals surface area (Å²) in [7, 11) is 4.22. The van der Waals surface area contributed by atoms with Crippen molar-refractivity contribution in [2.75, 3.05) is 26.6 Å². The maximum absolute atomic E-state index is 12.3. The maximum Gasteiger partial charge on any atom is 0.356 e. The largest absolute Gasteiger partial charge is 0.497 e. The second kappa shape index (κ2) is 7.41. The third-order valence-corrected chi connectivity index (χ3v) is 3.10. The molecule has 8 heteroatoms. The highest BCUT2D eigenvalue weighted by Crippen LogP contribution is 2.23. The summed E-state index contributed by atoms with van der Waals surface area (Å²) < 4.78 is 14.9. The number of rotatable bonds is 6. The number of methoxy groups -OCH3 is 3. The summed E-state index contributed by atoms with van der Waals surface area (Å²) in [6.45, 7) is 0. The van der Waals surface area contributed by atoms with Crippen molar-refractivity contribution in [3.63, 3.8) is 0 Å². The molecule has 1 unspecified atom stereocenters. The third-order valence-electron chi connectivity index (χ3n) is 3.10. The second-order valence-electron chi connectivity index (χ2n) is 4.54. The van der Waals surface area contributed by atoms with Gasteiger partial charge in [-0.3, -0.25) is 9.89 Å². The molecule has 2 N–H and O–H groups in total. The molecule has 0 aliphatic heterocycles. The average Bonchev–Trinajstić information content (AvgIpc) is 3.03. The number of anilines is 1. The zero-order chi connectivity index (χ0) is 16.8. The van der Waals surface area contributed by atoms with Crippen LogP contribution < -0.4 is 10.1 Å². The summed E-state index contributed by atoms with van der Waals surface area (Å²) in [5.74, 6) is -0.191. The van der Waals surface area contributed by atoms with Crippen LogP contribution in [0.4, 0.5) is 5.82 Å². The van der Waals surface area contributed by atoms with Crippen molar-refractivity contribution in [1.29, 1.82) is 0 Å². The Balaban J connectivity index is 2.13. The molecule has 1 atom stereocenters. The minimum atomic E-state index is -0.844. The van der Waals surface area contributed by atoms with Gasteiger partial charge < -0.3 is 19.5 Å². The number of carbonyl (C=O) groups is 2. The van der Waals surface area contributed by atoms with Crippen molar-refractivity contribution in [2.24, 2.45) is 0 Å². The van der Waals surface area contributed by atoms with Crippen LogP contribution in [0.3, 0.4) is 0 Å². The first kappa shape index (κ1) is 16.5. The number of hydrogen-bond donors (Lipinski definition) is 2. The van der Waals surface area contributed by atoms with Gasteiger partial charge in [-0.2, -0.15) is 5.10 Å². The van der Waals surface area contributed by atoms with Crippen LogP contribution in [0.1, 0.15) is 22.2 Å². The number of aromatic nitrogens is 2. The van der Waals surface area contributed by atoms with Gasteiger partial charge in [-0.05, 0) is 17.7 Å². The fourth-order valence-corrected chi connectivity index (χ4v) is 1.99. The number of H-pyrrole nitrogens is 1. The number of amides is 1. The molecule has 0 saturated carbocycles. The molecule has 2 aromatic rings. The molecule has 0 saturated heterocycles. The minimum absolute atomic E-state index is 0.137. The molecular formula is C15H17N3O5. The zero-order valence-electron chi connectivity index (χ0n) is 13.0. The summed E-state index contributed by atoms with van der Waals surface area (Å²) in [5, 5.41) is 8.88. The number of aromatic amines is 1. The van der Waals surface area contributed by atoms with E-state index in [1.54, 1.807) is 31.4 Å². The molecule has 1 heterocycles. The lowest BCUT2D eigenvalue weighted by atomic mass is 10.1. The lowest BCUT2D eigenvalue weighted by Crippen LogP contribution is -2.22. The Bertz CT molecular complexity index is 698. The normalized spacial score (nSPS) is 11.6. The van der Waals surface area contributed by atoms with E-state index in [4.69, 9.17) is 9.47 Å². The van der Waals surface area contributed by atoms with Crippen LogP contribution in [-0.2, 0) is 14.3 Å². The van der Waals surface area contributed by atoms with Gasteiger partial charge in [-0.25, -0.2) is 4.79 Å². The highest BCUT2D eigenvalue weighted by atomic mass is 16.5. The monoisotopic (exact) mass is 319 g/mol. The molecule has 23 heavy (non-hydrogen) atoms. The lowest BCUT2D eigenvalue weighted by molar-refractivity contribution is -0.126. The average molecular weight is 319 g/mol. The van der Waals surface area contributed by atoms with Crippen LogP contribution >= 0.6 is 0 Å². The second-order valence-corrected chi connectivity index (χ2v) is 4.54. The van der Waals surface area contributed by atoms with E-state index in [9.17, 15) is 9.59 Å². The number of hydrogen-bond acceptors (Lipinski definition) is 6. The van der Waals surface area contributed by atoms with Gasteiger partial charge in [0.1, 0.15) is 11.4 Å². The molecule has 0 aliphatic carbocycles. The van der Waals surface area contributed by atoms with Crippen LogP contribution in [0.2, 0.25) is 0 Å². The Hall–Kier alpha value is -2.87. The van der Waals surface area contributed by atoms with Gasteiger partial charge in [0, 0.05) is 13.2 Å². The summed E-state index contributed by atoms with van der Waals surface area (Å²) in [5.41, 5.74) is 0.770. The molecule has 0 bridgehead atoms. The topological polar surface area (TPSA) is 103 Å². The molecule has 1 aromatic heterocycles. The summed E-state index contributed by atoms with van der Waals surface area (Å²) >= 11 is 0. The van der Waals surface area contributed by atoms with E-state index in [-0.39, 0.29) is 11.5 Å². The molecule has 1 amide bonds. The van der Waals surface area contributed by atoms with Crippen molar-refractivity contribution < 1.29 is 23.8 Å². The first-order valence-electron chi connectivity index (χ1n) is 6.70. The molecule has 0 fully saturated rings. The number of nitrogens with one attached hydrogen (secondary N) is 2. The Kier molecular flexibility index (Phi) is 5.32. The van der Waals surface area contributed by atoms with E-state index in [1.807, 2.05) is 0 Å². The number of nitrogens with zero attached hydrogens (tertiary/aromatic N) is 1. The van der Waals surface area contributed by atoms with E-state index < -0.39 is 18.0 Å². The number of esters is 1. The summed E-state index contributed by atoms with van der Waals surface area (Å²) in [6.07, 6.45) is -0.844. The van der Waals surface area contributed by atoms with Crippen molar-refractivity contribution in [1.82, 2.24) is 10.2 Å². The fourth-order valence-electron chi connectivity index (χ4n) is 1.99. The predicted octanol–water partition coefficient (Wildman–Crippen LogP) is 1.53. The smallest absolute Gasteiger partial charge is 0.356 e. The molecular weight excluding hydrogens is 302 g/mol. The summed E-state index contributed by atoms with van der Waals surface area (Å²) in [4.78, 5) is 23.7. The predicted molar refractivity (Wildman–Crippen MR) is 81.3 cm³/mol. The number of benzene rings is 1. The van der Waals surface area contributed by atoms with Crippen LogP contribution in [-0.4, -0.2) is 43.4 Å². The Morgan fingerprint density at radius 1 is 1.22 bits per heavy atom. The minimum Gasteiger partial charge on any atom is -0.497 e. The van der Waals surface area contributed by atoms with Gasteiger partial charge >= 0.3 is 5.97 Å². The van der Waals surface area contributed by atoms with Crippen LogP contribution in [0.15, 0.2) is 30.3 Å². The van der Waals surface area contributed by atoms with Crippen molar-refractivity contribution in [2.45, 2.75) is 6.10 Å². The highest BCUT2D eigenvalue weighted by Gasteiger charge is 2.22. The zero-order valence-corrected chi connectivity index (χ0v) is 13.0. The van der Waals surface area contributed by atoms with Crippen LogP contribution in [0.5, 0.6) is 5.75 Å². The molecule has 0 radical (unpaired) electrons.